The molecular formula is C12H16N6. The zero-order valence-electron chi connectivity index (χ0n) is 10.3. The van der Waals surface area contributed by atoms with E-state index >= 15 is 0 Å². The van der Waals surface area contributed by atoms with Gasteiger partial charge in [0.2, 0.25) is 0 Å². The van der Waals surface area contributed by atoms with Crippen molar-refractivity contribution in [2.45, 2.75) is 25.2 Å². The first kappa shape index (κ1) is 11.2. The number of anilines is 1. The van der Waals surface area contributed by atoms with Crippen molar-refractivity contribution >= 4 is 5.82 Å². The molecule has 94 valence electrons. The van der Waals surface area contributed by atoms with Crippen LogP contribution in [0.4, 0.5) is 5.82 Å². The third kappa shape index (κ3) is 1.95. The maximum Gasteiger partial charge on any atom is 0.144 e. The highest BCUT2D eigenvalue weighted by molar-refractivity contribution is 5.60. The molecule has 0 aliphatic heterocycles. The van der Waals surface area contributed by atoms with E-state index in [2.05, 4.69) is 20.5 Å². The number of nitrogens with two attached hydrogens (primary N) is 1. The predicted molar refractivity (Wildman–Crippen MR) is 68.6 cm³/mol. The van der Waals surface area contributed by atoms with Crippen LogP contribution < -0.4 is 11.3 Å². The summed E-state index contributed by atoms with van der Waals surface area (Å²) >= 11 is 0. The fourth-order valence-corrected chi connectivity index (χ4v) is 2.09. The van der Waals surface area contributed by atoms with Crippen LogP contribution in [-0.2, 0) is 7.05 Å². The largest absolute Gasteiger partial charge is 0.308 e. The van der Waals surface area contributed by atoms with Crippen molar-refractivity contribution in [2.75, 3.05) is 5.43 Å². The summed E-state index contributed by atoms with van der Waals surface area (Å²) < 4.78 is 1.76. The number of aromatic nitrogens is 4. The van der Waals surface area contributed by atoms with Gasteiger partial charge in [0.1, 0.15) is 11.6 Å². The van der Waals surface area contributed by atoms with E-state index in [0.29, 0.717) is 11.7 Å². The molecule has 0 aromatic carbocycles. The Morgan fingerprint density at radius 1 is 1.39 bits per heavy atom. The number of hydrogen-bond acceptors (Lipinski definition) is 5. The minimum absolute atomic E-state index is 0.480. The number of aryl methyl sites for hydroxylation is 1. The molecule has 0 atom stereocenters. The van der Waals surface area contributed by atoms with E-state index in [-0.39, 0.29) is 0 Å². The topological polar surface area (TPSA) is 81.7 Å². The summed E-state index contributed by atoms with van der Waals surface area (Å²) in [5.41, 5.74) is 4.46. The van der Waals surface area contributed by atoms with E-state index in [0.717, 1.165) is 17.1 Å². The van der Waals surface area contributed by atoms with Crippen LogP contribution in [0.1, 0.15) is 31.0 Å². The van der Waals surface area contributed by atoms with Crippen molar-refractivity contribution in [1.29, 1.82) is 0 Å². The smallest absolute Gasteiger partial charge is 0.144 e. The number of nitrogens with one attached hydrogen (secondary N) is 1. The van der Waals surface area contributed by atoms with E-state index < -0.39 is 0 Å². The molecule has 1 aliphatic rings. The number of hydrazine groups is 1. The zero-order valence-corrected chi connectivity index (χ0v) is 10.3. The van der Waals surface area contributed by atoms with Crippen LogP contribution in [0.3, 0.4) is 0 Å². The Morgan fingerprint density at radius 2 is 2.22 bits per heavy atom. The average Bonchev–Trinajstić information content (AvgIpc) is 2.73. The number of hydrogen-bond donors (Lipinski definition) is 2. The van der Waals surface area contributed by atoms with Gasteiger partial charge in [0.05, 0.1) is 11.9 Å². The molecule has 2 aromatic heterocycles. The monoisotopic (exact) mass is 244 g/mol. The van der Waals surface area contributed by atoms with Gasteiger partial charge in [-0.25, -0.2) is 15.8 Å². The van der Waals surface area contributed by atoms with Gasteiger partial charge in [0.15, 0.2) is 0 Å². The van der Waals surface area contributed by atoms with Crippen LogP contribution in [0.2, 0.25) is 0 Å². The molecule has 3 rings (SSSR count). The summed E-state index contributed by atoms with van der Waals surface area (Å²) in [5, 5.41) is 4.16. The van der Waals surface area contributed by atoms with E-state index in [1.165, 1.54) is 19.3 Å². The van der Waals surface area contributed by atoms with Crippen molar-refractivity contribution < 1.29 is 0 Å². The summed E-state index contributed by atoms with van der Waals surface area (Å²) in [6.07, 6.45) is 7.33. The number of nitrogens with zero attached hydrogens (tertiary/aromatic N) is 4. The van der Waals surface area contributed by atoms with Crippen LogP contribution >= 0.6 is 0 Å². The number of rotatable bonds is 3. The van der Waals surface area contributed by atoms with Crippen LogP contribution in [0.5, 0.6) is 0 Å². The molecule has 6 nitrogen and oxygen atoms in total. The first-order valence-corrected chi connectivity index (χ1v) is 6.11. The highest BCUT2D eigenvalue weighted by atomic mass is 15.3. The standard InChI is InChI=1S/C12H16N6/c1-18-7-9(6-14-18)10-5-11(17-13)16-12(15-10)8-3-2-4-8/h5-8H,2-4,13H2,1H3,(H,15,16,17). The molecule has 3 N–H and O–H groups in total. The van der Waals surface area contributed by atoms with Gasteiger partial charge >= 0.3 is 0 Å². The van der Waals surface area contributed by atoms with Crippen LogP contribution in [0, 0.1) is 0 Å². The molecule has 1 saturated carbocycles. The Kier molecular flexibility index (Phi) is 2.71. The summed E-state index contributed by atoms with van der Waals surface area (Å²) in [6, 6.07) is 1.85. The molecule has 6 heteroatoms. The fourth-order valence-electron chi connectivity index (χ4n) is 2.09. The SMILES string of the molecule is Cn1cc(-c2cc(NN)nc(C3CCC3)n2)cn1. The van der Waals surface area contributed by atoms with E-state index in [1.807, 2.05) is 19.3 Å². The van der Waals surface area contributed by atoms with Crippen molar-refractivity contribution in [2.24, 2.45) is 12.9 Å². The van der Waals surface area contributed by atoms with Gasteiger partial charge < -0.3 is 5.43 Å². The van der Waals surface area contributed by atoms with Crippen molar-refractivity contribution in [3.8, 4) is 11.3 Å². The van der Waals surface area contributed by atoms with Gasteiger partial charge in [0, 0.05) is 30.8 Å². The second kappa shape index (κ2) is 4.38. The van der Waals surface area contributed by atoms with E-state index in [9.17, 15) is 0 Å². The molecule has 2 heterocycles. The van der Waals surface area contributed by atoms with Gasteiger partial charge in [-0.15, -0.1) is 0 Å². The molecule has 0 saturated heterocycles. The summed E-state index contributed by atoms with van der Waals surface area (Å²) in [6.45, 7) is 0. The van der Waals surface area contributed by atoms with Gasteiger partial charge in [-0.05, 0) is 12.8 Å². The molecule has 2 aromatic rings. The van der Waals surface area contributed by atoms with Crippen molar-refractivity contribution in [3.63, 3.8) is 0 Å². The Hall–Kier alpha value is -1.95. The Labute approximate surface area is 105 Å². The summed E-state index contributed by atoms with van der Waals surface area (Å²) in [4.78, 5) is 9.06. The van der Waals surface area contributed by atoms with Gasteiger partial charge in [-0.1, -0.05) is 6.42 Å². The second-order valence-corrected chi connectivity index (χ2v) is 4.67. The quantitative estimate of drug-likeness (QED) is 0.630. The fraction of sp³-hybridized carbons (Fsp3) is 0.417. The molecule has 0 bridgehead atoms. The lowest BCUT2D eigenvalue weighted by Crippen LogP contribution is -2.16. The van der Waals surface area contributed by atoms with Gasteiger partial charge in [-0.3, -0.25) is 4.68 Å². The lowest BCUT2D eigenvalue weighted by Gasteiger charge is -2.24. The Balaban J connectivity index is 2.02. The molecule has 1 fully saturated rings. The number of nitrogen functional groups attached to an aromatic ring is 1. The first-order valence-electron chi connectivity index (χ1n) is 6.11. The first-order chi connectivity index (χ1) is 8.76. The highest BCUT2D eigenvalue weighted by Gasteiger charge is 2.23. The highest BCUT2D eigenvalue weighted by Crippen LogP contribution is 2.35. The third-order valence-corrected chi connectivity index (χ3v) is 3.36. The van der Waals surface area contributed by atoms with Crippen LogP contribution in [-0.4, -0.2) is 19.7 Å². The molecular weight excluding hydrogens is 228 g/mol. The maximum atomic E-state index is 5.47. The Morgan fingerprint density at radius 3 is 2.78 bits per heavy atom. The van der Waals surface area contributed by atoms with Gasteiger partial charge in [0.25, 0.3) is 0 Å². The zero-order chi connectivity index (χ0) is 12.5. The minimum atomic E-state index is 0.480. The Bertz CT molecular complexity index is 557. The van der Waals surface area contributed by atoms with Crippen LogP contribution in [0.25, 0.3) is 11.3 Å². The average molecular weight is 244 g/mol. The molecule has 0 spiro atoms. The molecule has 18 heavy (non-hydrogen) atoms. The maximum absolute atomic E-state index is 5.47. The summed E-state index contributed by atoms with van der Waals surface area (Å²) in [7, 11) is 1.89. The van der Waals surface area contributed by atoms with Gasteiger partial charge in [-0.2, -0.15) is 5.10 Å². The lowest BCUT2D eigenvalue weighted by atomic mass is 9.85. The van der Waals surface area contributed by atoms with Crippen molar-refractivity contribution in [1.82, 2.24) is 19.7 Å². The lowest BCUT2D eigenvalue weighted by molar-refractivity contribution is 0.402. The third-order valence-electron chi connectivity index (χ3n) is 3.36. The van der Waals surface area contributed by atoms with E-state index in [4.69, 9.17) is 5.84 Å². The molecule has 1 aliphatic carbocycles. The molecule has 0 radical (unpaired) electrons. The van der Waals surface area contributed by atoms with E-state index in [1.54, 1.807) is 10.9 Å². The summed E-state index contributed by atoms with van der Waals surface area (Å²) in [5.74, 6) is 7.49. The van der Waals surface area contributed by atoms with Crippen molar-refractivity contribution in [3.05, 3.63) is 24.3 Å². The molecule has 0 amide bonds. The minimum Gasteiger partial charge on any atom is -0.308 e. The van der Waals surface area contributed by atoms with Crippen LogP contribution in [0.15, 0.2) is 18.5 Å². The second-order valence-electron chi connectivity index (χ2n) is 4.67. The normalized spacial score (nSPS) is 15.4. The predicted octanol–water partition coefficient (Wildman–Crippen LogP) is 1.43. The molecule has 0 unspecified atom stereocenters.